The highest BCUT2D eigenvalue weighted by atomic mass is 35.5. The Morgan fingerprint density at radius 2 is 1.37 bits per heavy atom. The molecule has 100 valence electrons. The summed E-state index contributed by atoms with van der Waals surface area (Å²) in [5.41, 5.74) is 1.91. The minimum absolute atomic E-state index is 0.0806. The molecule has 2 aromatic carbocycles. The van der Waals surface area contributed by atoms with E-state index < -0.39 is 0 Å². The van der Waals surface area contributed by atoms with E-state index in [1.54, 1.807) is 0 Å². The number of halogens is 2. The summed E-state index contributed by atoms with van der Waals surface area (Å²) in [5, 5.41) is 11.2. The van der Waals surface area contributed by atoms with Crippen LogP contribution in [0.3, 0.4) is 0 Å². The van der Waals surface area contributed by atoms with E-state index in [4.69, 9.17) is 23.2 Å². The van der Waals surface area contributed by atoms with Crippen LogP contribution in [0.5, 0.6) is 0 Å². The SMILES string of the molecule is CC(CO)(Cc1ccc(Cl)cc1)c1ccc(Cl)cc1. The van der Waals surface area contributed by atoms with Crippen molar-refractivity contribution in [3.63, 3.8) is 0 Å². The maximum atomic E-state index is 9.76. The summed E-state index contributed by atoms with van der Waals surface area (Å²) in [6.07, 6.45) is 0.752. The molecule has 0 fully saturated rings. The molecule has 0 heterocycles. The predicted molar refractivity (Wildman–Crippen MR) is 81.0 cm³/mol. The molecule has 0 aliphatic heterocycles. The van der Waals surface area contributed by atoms with Gasteiger partial charge in [-0.2, -0.15) is 0 Å². The van der Waals surface area contributed by atoms with Crippen molar-refractivity contribution >= 4 is 23.2 Å². The van der Waals surface area contributed by atoms with Crippen LogP contribution in [0.15, 0.2) is 48.5 Å². The van der Waals surface area contributed by atoms with Gasteiger partial charge in [-0.25, -0.2) is 0 Å². The molecule has 0 saturated carbocycles. The van der Waals surface area contributed by atoms with E-state index in [1.165, 1.54) is 0 Å². The maximum Gasteiger partial charge on any atom is 0.0528 e. The fourth-order valence-electron chi connectivity index (χ4n) is 2.15. The molecule has 19 heavy (non-hydrogen) atoms. The maximum absolute atomic E-state index is 9.76. The lowest BCUT2D eigenvalue weighted by Crippen LogP contribution is -2.29. The van der Waals surface area contributed by atoms with Gasteiger partial charge in [-0.05, 0) is 41.8 Å². The molecule has 1 atom stereocenters. The minimum Gasteiger partial charge on any atom is -0.395 e. The van der Waals surface area contributed by atoms with Crippen LogP contribution in [-0.4, -0.2) is 11.7 Å². The third kappa shape index (κ3) is 3.50. The summed E-state index contributed by atoms with van der Waals surface area (Å²) < 4.78 is 0. The predicted octanol–water partition coefficient (Wildman–Crippen LogP) is 4.49. The second kappa shape index (κ2) is 5.96. The standard InChI is InChI=1S/C16H16Cl2O/c1-16(11-19,13-4-8-15(18)9-5-13)10-12-2-6-14(17)7-3-12/h2-9,19H,10-11H2,1H3. The molecule has 0 saturated heterocycles. The normalized spacial score (nSPS) is 14.1. The monoisotopic (exact) mass is 294 g/mol. The Balaban J connectivity index is 2.27. The van der Waals surface area contributed by atoms with Crippen LogP contribution in [0.1, 0.15) is 18.1 Å². The van der Waals surface area contributed by atoms with Crippen molar-refractivity contribution < 1.29 is 5.11 Å². The second-order valence-corrected chi connectivity index (χ2v) is 5.90. The third-order valence-corrected chi connectivity index (χ3v) is 3.90. The van der Waals surface area contributed by atoms with Crippen molar-refractivity contribution in [3.8, 4) is 0 Å². The van der Waals surface area contributed by atoms with Gasteiger partial charge >= 0.3 is 0 Å². The molecule has 0 aliphatic rings. The van der Waals surface area contributed by atoms with E-state index in [0.29, 0.717) is 5.02 Å². The van der Waals surface area contributed by atoms with Gasteiger partial charge in [-0.15, -0.1) is 0 Å². The van der Waals surface area contributed by atoms with Crippen molar-refractivity contribution in [2.24, 2.45) is 0 Å². The van der Waals surface area contributed by atoms with E-state index in [0.717, 1.165) is 22.6 Å². The topological polar surface area (TPSA) is 20.2 Å². The molecule has 0 radical (unpaired) electrons. The highest BCUT2D eigenvalue weighted by Gasteiger charge is 2.26. The molecule has 2 rings (SSSR count). The summed E-state index contributed by atoms with van der Waals surface area (Å²) in [7, 11) is 0. The molecule has 0 amide bonds. The van der Waals surface area contributed by atoms with Crippen LogP contribution in [0.25, 0.3) is 0 Å². The summed E-state index contributed by atoms with van der Waals surface area (Å²) >= 11 is 11.8. The lowest BCUT2D eigenvalue weighted by molar-refractivity contribution is 0.204. The van der Waals surface area contributed by atoms with Crippen molar-refractivity contribution in [2.45, 2.75) is 18.8 Å². The fraction of sp³-hybridized carbons (Fsp3) is 0.250. The van der Waals surface area contributed by atoms with Gasteiger partial charge in [0.1, 0.15) is 0 Å². The van der Waals surface area contributed by atoms with Gasteiger partial charge in [0.25, 0.3) is 0 Å². The lowest BCUT2D eigenvalue weighted by atomic mass is 9.78. The summed E-state index contributed by atoms with van der Waals surface area (Å²) in [6.45, 7) is 2.13. The molecular formula is C16H16Cl2O. The Morgan fingerprint density at radius 3 is 1.84 bits per heavy atom. The molecule has 1 nitrogen and oxygen atoms in total. The quantitative estimate of drug-likeness (QED) is 0.881. The van der Waals surface area contributed by atoms with E-state index in [-0.39, 0.29) is 12.0 Å². The number of rotatable bonds is 4. The average Bonchev–Trinajstić information content (AvgIpc) is 2.42. The van der Waals surface area contributed by atoms with Gasteiger partial charge in [-0.1, -0.05) is 54.4 Å². The number of benzene rings is 2. The van der Waals surface area contributed by atoms with Crippen molar-refractivity contribution in [1.82, 2.24) is 0 Å². The van der Waals surface area contributed by atoms with Gasteiger partial charge in [0.15, 0.2) is 0 Å². The van der Waals surface area contributed by atoms with E-state index >= 15 is 0 Å². The smallest absolute Gasteiger partial charge is 0.0528 e. The minimum atomic E-state index is -0.321. The molecule has 0 spiro atoms. The van der Waals surface area contributed by atoms with Crippen LogP contribution in [0.4, 0.5) is 0 Å². The first kappa shape index (κ1) is 14.4. The van der Waals surface area contributed by atoms with Gasteiger partial charge in [0.2, 0.25) is 0 Å². The largest absolute Gasteiger partial charge is 0.395 e. The number of hydrogen-bond donors (Lipinski definition) is 1. The van der Waals surface area contributed by atoms with Crippen LogP contribution >= 0.6 is 23.2 Å². The van der Waals surface area contributed by atoms with E-state index in [9.17, 15) is 5.11 Å². The van der Waals surface area contributed by atoms with Crippen LogP contribution in [0.2, 0.25) is 10.0 Å². The molecule has 3 heteroatoms. The van der Waals surface area contributed by atoms with E-state index in [2.05, 4.69) is 0 Å². The molecule has 0 aliphatic carbocycles. The van der Waals surface area contributed by atoms with Gasteiger partial charge in [0.05, 0.1) is 6.61 Å². The van der Waals surface area contributed by atoms with Gasteiger partial charge in [-0.3, -0.25) is 0 Å². The Hall–Kier alpha value is -1.02. The van der Waals surface area contributed by atoms with Crippen LogP contribution in [-0.2, 0) is 11.8 Å². The second-order valence-electron chi connectivity index (χ2n) is 5.03. The average molecular weight is 295 g/mol. The molecule has 0 bridgehead atoms. The highest BCUT2D eigenvalue weighted by Crippen LogP contribution is 2.29. The third-order valence-electron chi connectivity index (χ3n) is 3.40. The molecule has 2 aromatic rings. The first-order valence-electron chi connectivity index (χ1n) is 6.15. The Labute approximate surface area is 123 Å². The Bertz CT molecular complexity index is 534. The highest BCUT2D eigenvalue weighted by molar-refractivity contribution is 6.30. The zero-order chi connectivity index (χ0) is 13.9. The van der Waals surface area contributed by atoms with Crippen molar-refractivity contribution in [3.05, 3.63) is 69.7 Å². The first-order valence-corrected chi connectivity index (χ1v) is 6.90. The summed E-state index contributed by atoms with van der Waals surface area (Å²) in [5.74, 6) is 0. The molecular weight excluding hydrogens is 279 g/mol. The molecule has 0 aromatic heterocycles. The fourth-order valence-corrected chi connectivity index (χ4v) is 2.41. The van der Waals surface area contributed by atoms with E-state index in [1.807, 2.05) is 55.5 Å². The number of aliphatic hydroxyl groups excluding tert-OH is 1. The van der Waals surface area contributed by atoms with Gasteiger partial charge < -0.3 is 5.11 Å². The zero-order valence-corrected chi connectivity index (χ0v) is 12.2. The first-order chi connectivity index (χ1) is 9.03. The number of aliphatic hydroxyl groups is 1. The summed E-state index contributed by atoms with van der Waals surface area (Å²) in [4.78, 5) is 0. The van der Waals surface area contributed by atoms with Crippen molar-refractivity contribution in [2.75, 3.05) is 6.61 Å². The Kier molecular flexibility index (Phi) is 4.51. The van der Waals surface area contributed by atoms with Gasteiger partial charge in [0, 0.05) is 15.5 Å². The van der Waals surface area contributed by atoms with Crippen LogP contribution in [0, 0.1) is 0 Å². The van der Waals surface area contributed by atoms with Crippen LogP contribution < -0.4 is 0 Å². The molecule has 1 unspecified atom stereocenters. The van der Waals surface area contributed by atoms with Crippen molar-refractivity contribution in [1.29, 1.82) is 0 Å². The zero-order valence-electron chi connectivity index (χ0n) is 10.7. The molecule has 1 N–H and O–H groups in total. The Morgan fingerprint density at radius 1 is 0.895 bits per heavy atom. The summed E-state index contributed by atoms with van der Waals surface area (Å²) in [6, 6.07) is 15.4. The lowest BCUT2D eigenvalue weighted by Gasteiger charge is -2.28. The number of hydrogen-bond acceptors (Lipinski definition) is 1.